The molecule has 4 rings (SSSR count). The molecule has 0 saturated carbocycles. The lowest BCUT2D eigenvalue weighted by atomic mass is 9.94. The molecule has 0 aliphatic carbocycles. The van der Waals surface area contributed by atoms with E-state index in [1.54, 1.807) is 18.2 Å². The van der Waals surface area contributed by atoms with Crippen molar-refractivity contribution in [3.63, 3.8) is 0 Å². The Morgan fingerprint density at radius 3 is 2.57 bits per heavy atom. The van der Waals surface area contributed by atoms with Crippen LogP contribution in [0.15, 0.2) is 41.3 Å². The standard InChI is InChI=1S/C20H24N2O5S/c1-13-4-5-19(27-17-9-15(23)8-16(24)10-17)20(7-13)28(25,26)22-11-14-3-2-6-21-18(14)12-22/h4-5,7-10,14,18,21,23-24H,2-3,6,11-12H2,1H3. The molecule has 2 saturated heterocycles. The van der Waals surface area contributed by atoms with Crippen LogP contribution in [0.5, 0.6) is 23.0 Å². The van der Waals surface area contributed by atoms with Gasteiger partial charge in [0.25, 0.3) is 0 Å². The minimum atomic E-state index is -3.75. The normalized spacial score (nSPS) is 22.8. The highest BCUT2D eigenvalue weighted by Crippen LogP contribution is 2.37. The quantitative estimate of drug-likeness (QED) is 0.724. The molecular weight excluding hydrogens is 380 g/mol. The Kier molecular flexibility index (Phi) is 4.95. The van der Waals surface area contributed by atoms with Gasteiger partial charge in [-0.25, -0.2) is 8.42 Å². The average molecular weight is 404 g/mol. The summed E-state index contributed by atoms with van der Waals surface area (Å²) in [6, 6.07) is 8.99. The molecule has 3 N–H and O–H groups in total. The molecule has 2 heterocycles. The Morgan fingerprint density at radius 1 is 1.11 bits per heavy atom. The van der Waals surface area contributed by atoms with Crippen molar-refractivity contribution >= 4 is 10.0 Å². The first-order chi connectivity index (χ1) is 13.3. The second-order valence-electron chi connectivity index (χ2n) is 7.52. The highest BCUT2D eigenvalue weighted by molar-refractivity contribution is 7.89. The van der Waals surface area contributed by atoms with Crippen molar-refractivity contribution in [1.82, 2.24) is 9.62 Å². The molecule has 0 amide bonds. The molecule has 150 valence electrons. The van der Waals surface area contributed by atoms with E-state index in [0.717, 1.165) is 24.9 Å². The predicted molar refractivity (Wildman–Crippen MR) is 104 cm³/mol. The number of nitrogens with one attached hydrogen (secondary N) is 1. The molecule has 2 fully saturated rings. The maximum Gasteiger partial charge on any atom is 0.246 e. The Morgan fingerprint density at radius 2 is 1.86 bits per heavy atom. The summed E-state index contributed by atoms with van der Waals surface area (Å²) in [4.78, 5) is 0.0916. The first-order valence-electron chi connectivity index (χ1n) is 9.38. The summed E-state index contributed by atoms with van der Waals surface area (Å²) in [5.41, 5.74) is 0.805. The van der Waals surface area contributed by atoms with Crippen LogP contribution < -0.4 is 10.1 Å². The number of ether oxygens (including phenoxy) is 1. The Labute approximate surface area is 164 Å². The zero-order valence-corrected chi connectivity index (χ0v) is 16.4. The smallest absolute Gasteiger partial charge is 0.246 e. The van der Waals surface area contributed by atoms with Crippen LogP contribution in [0.25, 0.3) is 0 Å². The highest BCUT2D eigenvalue weighted by atomic mass is 32.2. The Hall–Kier alpha value is -2.29. The molecular formula is C20H24N2O5S. The molecule has 7 nitrogen and oxygen atoms in total. The van der Waals surface area contributed by atoms with Crippen molar-refractivity contribution in [2.45, 2.75) is 30.7 Å². The zero-order chi connectivity index (χ0) is 19.9. The van der Waals surface area contributed by atoms with Gasteiger partial charge in [-0.3, -0.25) is 0 Å². The van der Waals surface area contributed by atoms with Gasteiger partial charge in [-0.1, -0.05) is 6.07 Å². The molecule has 0 bridgehead atoms. The molecule has 8 heteroatoms. The summed E-state index contributed by atoms with van der Waals surface area (Å²) in [6.45, 7) is 3.71. The van der Waals surface area contributed by atoms with Gasteiger partial charge >= 0.3 is 0 Å². The number of hydrogen-bond acceptors (Lipinski definition) is 6. The van der Waals surface area contributed by atoms with Crippen LogP contribution in [0.1, 0.15) is 18.4 Å². The number of nitrogens with zero attached hydrogens (tertiary/aromatic N) is 1. The summed E-state index contributed by atoms with van der Waals surface area (Å²) in [5.74, 6) is 0.330. The molecule has 28 heavy (non-hydrogen) atoms. The summed E-state index contributed by atoms with van der Waals surface area (Å²) in [6.07, 6.45) is 2.10. The Balaban J connectivity index is 1.67. The number of benzene rings is 2. The SMILES string of the molecule is Cc1ccc(Oc2cc(O)cc(O)c2)c(S(=O)(=O)N2CC3CCCNC3C2)c1. The molecule has 2 atom stereocenters. The van der Waals surface area contributed by atoms with Crippen LogP contribution in [0.4, 0.5) is 0 Å². The largest absolute Gasteiger partial charge is 0.508 e. The number of fused-ring (bicyclic) bond motifs is 1. The van der Waals surface area contributed by atoms with Gasteiger partial charge < -0.3 is 20.3 Å². The fourth-order valence-corrected chi connectivity index (χ4v) is 5.72. The van der Waals surface area contributed by atoms with Crippen LogP contribution in [0.2, 0.25) is 0 Å². The van der Waals surface area contributed by atoms with Gasteiger partial charge in [0.05, 0.1) is 0 Å². The molecule has 2 aliphatic heterocycles. The van der Waals surface area contributed by atoms with Crippen molar-refractivity contribution < 1.29 is 23.4 Å². The molecule has 0 spiro atoms. The lowest BCUT2D eigenvalue weighted by molar-refractivity contribution is 0.339. The van der Waals surface area contributed by atoms with Gasteiger partial charge in [-0.2, -0.15) is 4.31 Å². The van der Waals surface area contributed by atoms with E-state index in [9.17, 15) is 18.6 Å². The van der Waals surface area contributed by atoms with Gasteiger partial charge in [0.1, 0.15) is 27.9 Å². The van der Waals surface area contributed by atoms with Gasteiger partial charge in [-0.05, 0) is 49.9 Å². The van der Waals surface area contributed by atoms with E-state index in [0.29, 0.717) is 19.0 Å². The van der Waals surface area contributed by atoms with Gasteiger partial charge in [-0.15, -0.1) is 0 Å². The number of aromatic hydroxyl groups is 2. The average Bonchev–Trinajstić information content (AvgIpc) is 3.07. The third kappa shape index (κ3) is 3.67. The van der Waals surface area contributed by atoms with Crippen molar-refractivity contribution in [1.29, 1.82) is 0 Å². The summed E-state index contributed by atoms with van der Waals surface area (Å²) in [5, 5.41) is 22.7. The third-order valence-electron chi connectivity index (χ3n) is 5.39. The van der Waals surface area contributed by atoms with Crippen LogP contribution in [0.3, 0.4) is 0 Å². The Bertz CT molecular complexity index is 958. The van der Waals surface area contributed by atoms with Crippen LogP contribution >= 0.6 is 0 Å². The van der Waals surface area contributed by atoms with E-state index in [1.165, 1.54) is 22.5 Å². The minimum Gasteiger partial charge on any atom is -0.508 e. The maximum absolute atomic E-state index is 13.4. The topological polar surface area (TPSA) is 99.1 Å². The van der Waals surface area contributed by atoms with Crippen molar-refractivity contribution in [3.05, 3.63) is 42.0 Å². The second kappa shape index (κ2) is 7.27. The molecule has 0 radical (unpaired) electrons. The van der Waals surface area contributed by atoms with E-state index in [4.69, 9.17) is 4.74 Å². The molecule has 2 aromatic rings. The number of piperidine rings is 1. The van der Waals surface area contributed by atoms with E-state index < -0.39 is 10.0 Å². The molecule has 2 aromatic carbocycles. The van der Waals surface area contributed by atoms with Crippen molar-refractivity contribution in [3.8, 4) is 23.0 Å². The number of phenols is 2. The van der Waals surface area contributed by atoms with E-state index >= 15 is 0 Å². The van der Waals surface area contributed by atoms with E-state index in [2.05, 4.69) is 5.32 Å². The monoisotopic (exact) mass is 404 g/mol. The second-order valence-corrected chi connectivity index (χ2v) is 9.43. The van der Waals surface area contributed by atoms with Crippen LogP contribution in [-0.4, -0.2) is 48.6 Å². The van der Waals surface area contributed by atoms with Gasteiger partial charge in [0, 0.05) is 37.3 Å². The highest BCUT2D eigenvalue weighted by Gasteiger charge is 2.41. The number of phenolic OH excluding ortho intramolecular Hbond substituents is 2. The van der Waals surface area contributed by atoms with Crippen LogP contribution in [-0.2, 0) is 10.0 Å². The van der Waals surface area contributed by atoms with Gasteiger partial charge in [0.15, 0.2) is 0 Å². The molecule has 2 unspecified atom stereocenters. The number of hydrogen-bond donors (Lipinski definition) is 3. The summed E-state index contributed by atoms with van der Waals surface area (Å²) >= 11 is 0. The number of aryl methyl sites for hydroxylation is 1. The predicted octanol–water partition coefficient (Wildman–Crippen LogP) is 2.57. The van der Waals surface area contributed by atoms with Gasteiger partial charge in [0.2, 0.25) is 10.0 Å². The first-order valence-corrected chi connectivity index (χ1v) is 10.8. The fourth-order valence-electron chi connectivity index (χ4n) is 4.00. The van der Waals surface area contributed by atoms with E-state index in [-0.39, 0.29) is 33.9 Å². The first kappa shape index (κ1) is 19.0. The number of rotatable bonds is 4. The number of sulfonamides is 1. The lowest BCUT2D eigenvalue weighted by Crippen LogP contribution is -2.41. The minimum absolute atomic E-state index is 0.0916. The molecule has 2 aliphatic rings. The maximum atomic E-state index is 13.4. The van der Waals surface area contributed by atoms with Crippen molar-refractivity contribution in [2.24, 2.45) is 5.92 Å². The summed E-state index contributed by atoms with van der Waals surface area (Å²) < 4.78 is 34.1. The molecule has 0 aromatic heterocycles. The van der Waals surface area contributed by atoms with E-state index in [1.807, 2.05) is 6.92 Å². The van der Waals surface area contributed by atoms with Crippen LogP contribution in [0, 0.1) is 12.8 Å². The zero-order valence-electron chi connectivity index (χ0n) is 15.6. The fraction of sp³-hybridized carbons (Fsp3) is 0.400. The summed E-state index contributed by atoms with van der Waals surface area (Å²) in [7, 11) is -3.75. The van der Waals surface area contributed by atoms with Crippen molar-refractivity contribution in [2.75, 3.05) is 19.6 Å². The third-order valence-corrected chi connectivity index (χ3v) is 7.24. The lowest BCUT2D eigenvalue weighted by Gasteiger charge is -2.24.